The summed E-state index contributed by atoms with van der Waals surface area (Å²) in [5.74, 6) is 2.07. The highest BCUT2D eigenvalue weighted by molar-refractivity contribution is 5.74. The van der Waals surface area contributed by atoms with Crippen LogP contribution in [-0.2, 0) is 4.74 Å². The third-order valence-electron chi connectivity index (χ3n) is 3.96. The minimum atomic E-state index is -1.81. The summed E-state index contributed by atoms with van der Waals surface area (Å²) < 4.78 is 3.08. The van der Waals surface area contributed by atoms with E-state index in [0.29, 0.717) is 0 Å². The van der Waals surface area contributed by atoms with Crippen LogP contribution in [0.2, 0.25) is 0 Å². The van der Waals surface area contributed by atoms with Gasteiger partial charge in [0.1, 0.15) is 0 Å². The molecule has 0 atom stereocenters. The fourth-order valence-corrected chi connectivity index (χ4v) is 2.69. The van der Waals surface area contributed by atoms with Crippen LogP contribution in [0, 0.1) is 11.8 Å². The predicted molar refractivity (Wildman–Crippen MR) is 81.6 cm³/mol. The van der Waals surface area contributed by atoms with Crippen molar-refractivity contribution < 1.29 is 24.5 Å². The maximum absolute atomic E-state index is 9.21. The third-order valence-corrected chi connectivity index (χ3v) is 3.96. The van der Waals surface area contributed by atoms with Crippen molar-refractivity contribution in [3.05, 3.63) is 0 Å². The number of ether oxygens (including phenoxy) is 1. The molecule has 21 heavy (non-hydrogen) atoms. The van der Waals surface area contributed by atoms with E-state index in [1.807, 2.05) is 0 Å². The van der Waals surface area contributed by atoms with Crippen molar-refractivity contribution in [1.82, 2.24) is 0 Å². The Hall–Kier alpha value is -1.26. The van der Waals surface area contributed by atoms with Crippen LogP contribution < -0.4 is 0 Å². The van der Waals surface area contributed by atoms with E-state index in [9.17, 15) is 9.59 Å². The number of hydrogen-bond acceptors (Lipinski definition) is 3. The van der Waals surface area contributed by atoms with Gasteiger partial charge in [0.05, 0.1) is 0 Å². The molecule has 0 radical (unpaired) electrons. The molecule has 0 saturated heterocycles. The summed E-state index contributed by atoms with van der Waals surface area (Å²) in [6.07, 6.45) is 11.2. The molecule has 0 amide bonds. The molecule has 124 valence electrons. The van der Waals surface area contributed by atoms with Gasteiger partial charge in [-0.05, 0) is 11.8 Å². The molecular formula is C16H30O5. The van der Waals surface area contributed by atoms with Gasteiger partial charge in [-0.2, -0.15) is 0 Å². The van der Waals surface area contributed by atoms with Gasteiger partial charge in [-0.3, -0.25) is 0 Å². The standard InChI is InChI=1S/2C7H14.C2H2O5/c2*1-7-5-3-2-4-6-7;3-1(4)7-2(5)6/h2*7H,2-6H2,1H3;(H,3,4)(H,5,6). The van der Waals surface area contributed by atoms with Crippen LogP contribution in [0.4, 0.5) is 9.59 Å². The molecule has 0 aromatic rings. The molecule has 5 heteroatoms. The number of hydrogen-bond donors (Lipinski definition) is 2. The minimum absolute atomic E-state index is 1.04. The van der Waals surface area contributed by atoms with Gasteiger partial charge in [-0.25, -0.2) is 9.59 Å². The Balaban J connectivity index is 0.000000286. The van der Waals surface area contributed by atoms with Crippen molar-refractivity contribution >= 4 is 12.3 Å². The lowest BCUT2D eigenvalue weighted by Crippen LogP contribution is -2.05. The van der Waals surface area contributed by atoms with Gasteiger partial charge >= 0.3 is 12.3 Å². The molecule has 0 unspecified atom stereocenters. The van der Waals surface area contributed by atoms with Gasteiger partial charge in [0.15, 0.2) is 0 Å². The summed E-state index contributed by atoms with van der Waals surface area (Å²) in [7, 11) is 0. The Labute approximate surface area is 127 Å². The average Bonchev–Trinajstić information content (AvgIpc) is 2.40. The van der Waals surface area contributed by atoms with E-state index >= 15 is 0 Å². The maximum Gasteiger partial charge on any atom is 0.516 e. The number of carbonyl (C=O) groups is 2. The molecule has 0 aromatic heterocycles. The van der Waals surface area contributed by atoms with Gasteiger partial charge in [0.25, 0.3) is 0 Å². The lowest BCUT2D eigenvalue weighted by molar-refractivity contribution is 0.0802. The first kappa shape index (κ1) is 19.7. The SMILES string of the molecule is CC1CCCCC1.CC1CCCCC1.O=C(O)OC(=O)O. The lowest BCUT2D eigenvalue weighted by atomic mass is 9.91. The van der Waals surface area contributed by atoms with Crippen LogP contribution in [0.1, 0.15) is 78.1 Å². The highest BCUT2D eigenvalue weighted by Gasteiger charge is 2.06. The zero-order valence-electron chi connectivity index (χ0n) is 13.3. The first-order chi connectivity index (χ1) is 9.91. The molecule has 0 spiro atoms. The van der Waals surface area contributed by atoms with E-state index in [1.54, 1.807) is 0 Å². The summed E-state index contributed by atoms with van der Waals surface area (Å²) >= 11 is 0. The van der Waals surface area contributed by atoms with Crippen LogP contribution in [0.15, 0.2) is 0 Å². The van der Waals surface area contributed by atoms with Crippen molar-refractivity contribution in [2.45, 2.75) is 78.1 Å². The molecule has 0 aromatic carbocycles. The van der Waals surface area contributed by atoms with E-state index in [1.165, 1.54) is 64.2 Å². The highest BCUT2D eigenvalue weighted by atomic mass is 16.7. The summed E-state index contributed by atoms with van der Waals surface area (Å²) in [4.78, 5) is 18.4. The Morgan fingerprint density at radius 3 is 1.10 bits per heavy atom. The quantitative estimate of drug-likeness (QED) is 0.454. The van der Waals surface area contributed by atoms with Crippen LogP contribution in [0.5, 0.6) is 0 Å². The second kappa shape index (κ2) is 12.5. The molecule has 0 aliphatic heterocycles. The second-order valence-corrected chi connectivity index (χ2v) is 6.12. The molecule has 5 nitrogen and oxygen atoms in total. The zero-order valence-corrected chi connectivity index (χ0v) is 13.3. The van der Waals surface area contributed by atoms with Crippen LogP contribution in [-0.4, -0.2) is 22.5 Å². The fourth-order valence-electron chi connectivity index (χ4n) is 2.69. The maximum atomic E-state index is 9.21. The third kappa shape index (κ3) is 15.0. The predicted octanol–water partition coefficient (Wildman–Crippen LogP) is 5.53. The van der Waals surface area contributed by atoms with Gasteiger partial charge in [0, 0.05) is 0 Å². The molecule has 2 rings (SSSR count). The normalized spacial score (nSPS) is 19.3. The van der Waals surface area contributed by atoms with Crippen molar-refractivity contribution in [2.75, 3.05) is 0 Å². The molecular weight excluding hydrogens is 272 g/mol. The van der Waals surface area contributed by atoms with Crippen molar-refractivity contribution in [2.24, 2.45) is 11.8 Å². The summed E-state index contributed by atoms with van der Waals surface area (Å²) in [5.41, 5.74) is 0. The number of carboxylic acid groups (broad SMARTS) is 2. The van der Waals surface area contributed by atoms with Crippen LogP contribution >= 0.6 is 0 Å². The molecule has 0 bridgehead atoms. The molecule has 2 N–H and O–H groups in total. The van der Waals surface area contributed by atoms with Gasteiger partial charge in [-0.1, -0.05) is 78.1 Å². The second-order valence-electron chi connectivity index (χ2n) is 6.12. The van der Waals surface area contributed by atoms with E-state index in [0.717, 1.165) is 11.8 Å². The summed E-state index contributed by atoms with van der Waals surface area (Å²) in [6.45, 7) is 4.72. The molecule has 2 aliphatic carbocycles. The van der Waals surface area contributed by atoms with E-state index in [4.69, 9.17) is 10.2 Å². The molecule has 0 heterocycles. The molecule has 2 aliphatic rings. The Kier molecular flexibility index (Phi) is 11.7. The first-order valence-corrected chi connectivity index (χ1v) is 8.05. The van der Waals surface area contributed by atoms with E-state index in [-0.39, 0.29) is 0 Å². The largest absolute Gasteiger partial charge is 0.516 e. The molecule has 2 saturated carbocycles. The summed E-state index contributed by atoms with van der Waals surface area (Å²) in [5, 5.41) is 15.0. The first-order valence-electron chi connectivity index (χ1n) is 8.05. The van der Waals surface area contributed by atoms with Crippen molar-refractivity contribution in [3.63, 3.8) is 0 Å². The lowest BCUT2D eigenvalue weighted by Gasteiger charge is -2.15. The highest BCUT2D eigenvalue weighted by Crippen LogP contribution is 2.22. The topological polar surface area (TPSA) is 83.8 Å². The number of rotatable bonds is 0. The zero-order chi connectivity index (χ0) is 16.1. The Morgan fingerprint density at radius 1 is 0.714 bits per heavy atom. The van der Waals surface area contributed by atoms with Gasteiger partial charge in [0.2, 0.25) is 0 Å². The Morgan fingerprint density at radius 2 is 1.00 bits per heavy atom. The van der Waals surface area contributed by atoms with Crippen LogP contribution in [0.3, 0.4) is 0 Å². The summed E-state index contributed by atoms with van der Waals surface area (Å²) in [6, 6.07) is 0. The Bertz CT molecular complexity index is 250. The van der Waals surface area contributed by atoms with Crippen molar-refractivity contribution in [3.8, 4) is 0 Å². The van der Waals surface area contributed by atoms with E-state index in [2.05, 4.69) is 18.6 Å². The van der Waals surface area contributed by atoms with Crippen LogP contribution in [0.25, 0.3) is 0 Å². The smallest absolute Gasteiger partial charge is 0.449 e. The van der Waals surface area contributed by atoms with Crippen molar-refractivity contribution in [1.29, 1.82) is 0 Å². The molecule has 2 fully saturated rings. The van der Waals surface area contributed by atoms with Gasteiger partial charge < -0.3 is 14.9 Å². The van der Waals surface area contributed by atoms with E-state index < -0.39 is 12.3 Å². The van der Waals surface area contributed by atoms with Gasteiger partial charge in [-0.15, -0.1) is 0 Å². The monoisotopic (exact) mass is 302 g/mol. The fraction of sp³-hybridized carbons (Fsp3) is 0.875. The average molecular weight is 302 g/mol. The minimum Gasteiger partial charge on any atom is -0.449 e.